The number of rotatable bonds is 3. The monoisotopic (exact) mass is 295 g/mol. The van der Waals surface area contributed by atoms with E-state index in [1.165, 1.54) is 12.1 Å². The Hall–Kier alpha value is -3.28. The zero-order chi connectivity index (χ0) is 15.8. The predicted octanol–water partition coefficient (Wildman–Crippen LogP) is 3.24. The molecule has 3 aromatic rings. The van der Waals surface area contributed by atoms with E-state index >= 15 is 0 Å². The van der Waals surface area contributed by atoms with Gasteiger partial charge in [0.25, 0.3) is 5.69 Å². The third-order valence-electron chi connectivity index (χ3n) is 2.79. The number of carbonyl (C=O) groups excluding carboxylic acids is 1. The van der Waals surface area contributed by atoms with Crippen molar-refractivity contribution in [3.05, 3.63) is 94.3 Å². The molecule has 0 fully saturated rings. The lowest BCUT2D eigenvalue weighted by Crippen LogP contribution is -2.04. The Morgan fingerprint density at radius 3 is 2.23 bits per heavy atom. The molecule has 1 N–H and O–H groups in total. The van der Waals surface area contributed by atoms with Crippen molar-refractivity contribution < 1.29 is 9.72 Å². The highest BCUT2D eigenvalue weighted by Crippen LogP contribution is 2.20. The minimum atomic E-state index is -0.545. The van der Waals surface area contributed by atoms with Crippen LogP contribution in [0.4, 0.5) is 5.69 Å². The first kappa shape index (κ1) is 15.1. The third-order valence-corrected chi connectivity index (χ3v) is 2.79. The van der Waals surface area contributed by atoms with Crippen molar-refractivity contribution >= 4 is 11.5 Å². The van der Waals surface area contributed by atoms with Crippen molar-refractivity contribution in [2.75, 3.05) is 0 Å². The number of benzene rings is 2. The summed E-state index contributed by atoms with van der Waals surface area (Å²) < 4.78 is 0. The maximum atomic E-state index is 12.1. The second-order valence-electron chi connectivity index (χ2n) is 4.24. The van der Waals surface area contributed by atoms with Crippen LogP contribution >= 0.6 is 0 Å². The first-order chi connectivity index (χ1) is 10.7. The van der Waals surface area contributed by atoms with E-state index in [1.54, 1.807) is 54.9 Å². The van der Waals surface area contributed by atoms with E-state index in [9.17, 15) is 14.9 Å². The standard InChI is InChI=1S/C13H9NO3.C3H4N2/c15-13(10-6-2-1-3-7-10)11-8-4-5-9-12(11)14(16)17;1-2-4-5-3-1/h1-9H;1-3H,(H,4,5). The summed E-state index contributed by atoms with van der Waals surface area (Å²) in [5, 5.41) is 17.0. The molecule has 0 radical (unpaired) electrons. The molecule has 0 atom stereocenters. The van der Waals surface area contributed by atoms with Crippen LogP contribution in [0.3, 0.4) is 0 Å². The quantitative estimate of drug-likeness (QED) is 0.456. The summed E-state index contributed by atoms with van der Waals surface area (Å²) in [6, 6.07) is 16.3. The fourth-order valence-corrected chi connectivity index (χ4v) is 1.79. The number of para-hydroxylation sites is 1. The van der Waals surface area contributed by atoms with Crippen LogP contribution in [0.5, 0.6) is 0 Å². The van der Waals surface area contributed by atoms with Gasteiger partial charge in [0.05, 0.1) is 4.92 Å². The first-order valence-electron chi connectivity index (χ1n) is 6.47. The molecule has 2 aromatic carbocycles. The Bertz CT molecular complexity index is 723. The Morgan fingerprint density at radius 2 is 1.68 bits per heavy atom. The molecule has 0 saturated carbocycles. The molecule has 1 heterocycles. The summed E-state index contributed by atoms with van der Waals surface area (Å²) in [6.07, 6.45) is 3.46. The molecule has 0 aliphatic heterocycles. The van der Waals surface area contributed by atoms with E-state index in [0.717, 1.165) is 0 Å². The van der Waals surface area contributed by atoms with Gasteiger partial charge >= 0.3 is 0 Å². The van der Waals surface area contributed by atoms with Crippen molar-refractivity contribution in [3.63, 3.8) is 0 Å². The lowest BCUT2D eigenvalue weighted by molar-refractivity contribution is -0.385. The third kappa shape index (κ3) is 3.86. The Labute approximate surface area is 126 Å². The van der Waals surface area contributed by atoms with Crippen molar-refractivity contribution in [1.29, 1.82) is 0 Å². The molecular formula is C16H13N3O3. The number of carbonyl (C=O) groups is 1. The number of nitro groups is 1. The number of hydrogen-bond donors (Lipinski definition) is 1. The zero-order valence-corrected chi connectivity index (χ0v) is 11.5. The van der Waals surface area contributed by atoms with E-state index in [0.29, 0.717) is 5.56 Å². The van der Waals surface area contributed by atoms with Gasteiger partial charge in [0.1, 0.15) is 5.56 Å². The van der Waals surface area contributed by atoms with Crippen LogP contribution in [0.1, 0.15) is 15.9 Å². The Kier molecular flexibility index (Phi) is 5.15. The summed E-state index contributed by atoms with van der Waals surface area (Å²) in [6.45, 7) is 0. The molecule has 1 aromatic heterocycles. The SMILES string of the molecule is O=C(c1ccccc1)c1ccccc1[N+](=O)[O-].c1cn[nH]c1. The van der Waals surface area contributed by atoms with Crippen molar-refractivity contribution in [2.45, 2.75) is 0 Å². The van der Waals surface area contributed by atoms with Crippen LogP contribution in [0.25, 0.3) is 0 Å². The highest BCUT2D eigenvalue weighted by Gasteiger charge is 2.19. The summed E-state index contributed by atoms with van der Waals surface area (Å²) in [5.74, 6) is -0.335. The maximum Gasteiger partial charge on any atom is 0.280 e. The molecule has 3 rings (SSSR count). The second-order valence-corrected chi connectivity index (χ2v) is 4.24. The molecule has 6 heteroatoms. The average Bonchev–Trinajstić information content (AvgIpc) is 3.15. The zero-order valence-electron chi connectivity index (χ0n) is 11.5. The van der Waals surface area contributed by atoms with Crippen LogP contribution in [0.15, 0.2) is 73.1 Å². The molecule has 6 nitrogen and oxygen atoms in total. The van der Waals surface area contributed by atoms with Gasteiger partial charge in [-0.3, -0.25) is 20.0 Å². The largest absolute Gasteiger partial charge is 0.288 e. The number of nitrogens with zero attached hydrogens (tertiary/aromatic N) is 2. The molecule has 0 unspecified atom stereocenters. The van der Waals surface area contributed by atoms with E-state index < -0.39 is 4.92 Å². The highest BCUT2D eigenvalue weighted by molar-refractivity contribution is 6.11. The number of ketones is 1. The molecule has 22 heavy (non-hydrogen) atoms. The number of H-pyrrole nitrogens is 1. The van der Waals surface area contributed by atoms with Gasteiger partial charge in [-0.1, -0.05) is 42.5 Å². The van der Waals surface area contributed by atoms with Gasteiger partial charge in [0, 0.05) is 24.0 Å². The topological polar surface area (TPSA) is 88.9 Å². The lowest BCUT2D eigenvalue weighted by Gasteiger charge is -2.01. The maximum absolute atomic E-state index is 12.1. The summed E-state index contributed by atoms with van der Waals surface area (Å²) in [7, 11) is 0. The molecule has 0 saturated heterocycles. The fraction of sp³-hybridized carbons (Fsp3) is 0. The predicted molar refractivity (Wildman–Crippen MR) is 81.6 cm³/mol. The normalized spacial score (nSPS) is 9.45. The molecule has 0 aliphatic carbocycles. The fourth-order valence-electron chi connectivity index (χ4n) is 1.79. The molecule has 110 valence electrons. The van der Waals surface area contributed by atoms with Crippen LogP contribution in [0.2, 0.25) is 0 Å². The smallest absolute Gasteiger partial charge is 0.280 e. The molecule has 0 aliphatic rings. The number of aromatic nitrogens is 2. The van der Waals surface area contributed by atoms with Crippen molar-refractivity contribution in [1.82, 2.24) is 10.2 Å². The second kappa shape index (κ2) is 7.49. The van der Waals surface area contributed by atoms with Gasteiger partial charge in [-0.15, -0.1) is 0 Å². The van der Waals surface area contributed by atoms with E-state index in [-0.39, 0.29) is 17.0 Å². The number of aromatic amines is 1. The minimum Gasteiger partial charge on any atom is -0.288 e. The highest BCUT2D eigenvalue weighted by atomic mass is 16.6. The van der Waals surface area contributed by atoms with Crippen LogP contribution in [0, 0.1) is 10.1 Å². The van der Waals surface area contributed by atoms with Crippen LogP contribution in [-0.2, 0) is 0 Å². The van der Waals surface area contributed by atoms with Gasteiger partial charge in [0.2, 0.25) is 0 Å². The molecule has 0 amide bonds. The minimum absolute atomic E-state index is 0.115. The number of nitrogens with one attached hydrogen (secondary N) is 1. The van der Waals surface area contributed by atoms with Gasteiger partial charge in [-0.25, -0.2) is 0 Å². The number of hydrogen-bond acceptors (Lipinski definition) is 4. The average molecular weight is 295 g/mol. The molecular weight excluding hydrogens is 282 g/mol. The lowest BCUT2D eigenvalue weighted by atomic mass is 10.0. The van der Waals surface area contributed by atoms with E-state index in [1.807, 2.05) is 6.07 Å². The van der Waals surface area contributed by atoms with Crippen molar-refractivity contribution in [3.8, 4) is 0 Å². The molecule has 0 spiro atoms. The van der Waals surface area contributed by atoms with Gasteiger partial charge in [0.15, 0.2) is 5.78 Å². The van der Waals surface area contributed by atoms with E-state index in [2.05, 4.69) is 10.2 Å². The van der Waals surface area contributed by atoms with Gasteiger partial charge in [-0.2, -0.15) is 5.10 Å². The summed E-state index contributed by atoms with van der Waals surface area (Å²) in [5.41, 5.74) is 0.395. The first-order valence-corrected chi connectivity index (χ1v) is 6.47. The van der Waals surface area contributed by atoms with Crippen LogP contribution < -0.4 is 0 Å². The Balaban J connectivity index is 0.000000299. The van der Waals surface area contributed by atoms with Gasteiger partial charge in [-0.05, 0) is 12.1 Å². The van der Waals surface area contributed by atoms with Crippen LogP contribution in [-0.4, -0.2) is 20.9 Å². The Morgan fingerprint density at radius 1 is 1.00 bits per heavy atom. The summed E-state index contributed by atoms with van der Waals surface area (Å²) >= 11 is 0. The molecule has 0 bridgehead atoms. The number of nitro benzene ring substituents is 1. The van der Waals surface area contributed by atoms with Crippen molar-refractivity contribution in [2.24, 2.45) is 0 Å². The summed E-state index contributed by atoms with van der Waals surface area (Å²) in [4.78, 5) is 22.3. The van der Waals surface area contributed by atoms with Gasteiger partial charge < -0.3 is 0 Å². The van der Waals surface area contributed by atoms with E-state index in [4.69, 9.17) is 0 Å².